The van der Waals surface area contributed by atoms with Gasteiger partial charge in [0.1, 0.15) is 0 Å². The summed E-state index contributed by atoms with van der Waals surface area (Å²) in [6, 6.07) is 15.0. The minimum Gasteiger partial charge on any atom is -0.399 e. The molecule has 2 aromatic carbocycles. The molecule has 88 valence electrons. The Morgan fingerprint density at radius 2 is 1.82 bits per heavy atom. The standard InChI is InChI=1S/C13H12BrNOS/c14-11-4-6-13(7-5-11)17(16)9-10-2-1-3-12(15)8-10/h1-8H,9,15H2. The van der Waals surface area contributed by atoms with E-state index in [4.69, 9.17) is 5.73 Å². The first-order valence-electron chi connectivity index (χ1n) is 5.13. The summed E-state index contributed by atoms with van der Waals surface area (Å²) in [5, 5.41) is 0. The predicted molar refractivity (Wildman–Crippen MR) is 75.1 cm³/mol. The molecule has 0 aliphatic rings. The van der Waals surface area contributed by atoms with E-state index in [0.29, 0.717) is 11.4 Å². The monoisotopic (exact) mass is 309 g/mol. The molecule has 2 N–H and O–H groups in total. The Morgan fingerprint density at radius 3 is 2.47 bits per heavy atom. The zero-order valence-corrected chi connectivity index (χ0v) is 11.5. The third-order valence-electron chi connectivity index (χ3n) is 2.33. The number of nitrogen functional groups attached to an aromatic ring is 1. The Kier molecular flexibility index (Phi) is 3.97. The van der Waals surface area contributed by atoms with E-state index in [1.54, 1.807) is 0 Å². The molecule has 1 unspecified atom stereocenters. The molecule has 2 aromatic rings. The molecule has 0 radical (unpaired) electrons. The predicted octanol–water partition coefficient (Wildman–Crippen LogP) is 3.34. The molecule has 0 fully saturated rings. The van der Waals surface area contributed by atoms with Gasteiger partial charge in [-0.2, -0.15) is 0 Å². The summed E-state index contributed by atoms with van der Waals surface area (Å²) >= 11 is 3.36. The lowest BCUT2D eigenvalue weighted by molar-refractivity contribution is 0.682. The number of benzene rings is 2. The van der Waals surface area contributed by atoms with Crippen molar-refractivity contribution in [1.29, 1.82) is 0 Å². The van der Waals surface area contributed by atoms with Gasteiger partial charge in [0, 0.05) is 15.1 Å². The Balaban J connectivity index is 2.14. The summed E-state index contributed by atoms with van der Waals surface area (Å²) in [6.07, 6.45) is 0. The first-order chi connectivity index (χ1) is 8.15. The van der Waals surface area contributed by atoms with Crippen molar-refractivity contribution in [2.75, 3.05) is 5.73 Å². The molecule has 0 aliphatic carbocycles. The Bertz CT molecular complexity index is 539. The van der Waals surface area contributed by atoms with Gasteiger partial charge in [0.2, 0.25) is 0 Å². The van der Waals surface area contributed by atoms with Gasteiger partial charge in [-0.1, -0.05) is 28.1 Å². The van der Waals surface area contributed by atoms with Crippen LogP contribution in [-0.4, -0.2) is 4.21 Å². The van der Waals surface area contributed by atoms with E-state index < -0.39 is 10.8 Å². The van der Waals surface area contributed by atoms with Crippen molar-refractivity contribution in [3.8, 4) is 0 Å². The number of halogens is 1. The van der Waals surface area contributed by atoms with Crippen molar-refractivity contribution in [3.63, 3.8) is 0 Å². The van der Waals surface area contributed by atoms with E-state index in [1.165, 1.54) is 0 Å². The van der Waals surface area contributed by atoms with Crippen LogP contribution in [0.25, 0.3) is 0 Å². The first kappa shape index (κ1) is 12.3. The van der Waals surface area contributed by atoms with Crippen molar-refractivity contribution in [3.05, 3.63) is 58.6 Å². The molecule has 4 heteroatoms. The van der Waals surface area contributed by atoms with E-state index in [-0.39, 0.29) is 0 Å². The molecule has 0 heterocycles. The summed E-state index contributed by atoms with van der Waals surface area (Å²) in [5.74, 6) is 0.493. The minimum absolute atomic E-state index is 0.493. The van der Waals surface area contributed by atoms with Crippen LogP contribution in [0.5, 0.6) is 0 Å². The zero-order valence-electron chi connectivity index (χ0n) is 9.10. The molecule has 0 saturated heterocycles. The average molecular weight is 310 g/mol. The minimum atomic E-state index is -1.03. The SMILES string of the molecule is Nc1cccc(CS(=O)c2ccc(Br)cc2)c1. The highest BCUT2D eigenvalue weighted by molar-refractivity contribution is 9.10. The molecule has 0 amide bonds. The molecule has 2 nitrogen and oxygen atoms in total. The molecular weight excluding hydrogens is 298 g/mol. The molecule has 17 heavy (non-hydrogen) atoms. The maximum Gasteiger partial charge on any atom is 0.0574 e. The van der Waals surface area contributed by atoms with Gasteiger partial charge in [-0.15, -0.1) is 0 Å². The van der Waals surface area contributed by atoms with Gasteiger partial charge in [-0.25, -0.2) is 0 Å². The molecule has 0 saturated carbocycles. The van der Waals surface area contributed by atoms with Crippen LogP contribution in [0.3, 0.4) is 0 Å². The van der Waals surface area contributed by atoms with Crippen LogP contribution in [0.4, 0.5) is 5.69 Å². The number of hydrogen-bond donors (Lipinski definition) is 1. The highest BCUT2D eigenvalue weighted by atomic mass is 79.9. The normalized spacial score (nSPS) is 12.3. The molecule has 0 aromatic heterocycles. The molecule has 0 bridgehead atoms. The summed E-state index contributed by atoms with van der Waals surface area (Å²) in [7, 11) is -1.03. The Hall–Kier alpha value is -1.13. The van der Waals surface area contributed by atoms with Gasteiger partial charge < -0.3 is 5.73 Å². The highest BCUT2D eigenvalue weighted by Crippen LogP contribution is 2.17. The first-order valence-corrected chi connectivity index (χ1v) is 7.25. The van der Waals surface area contributed by atoms with Crippen molar-refractivity contribution >= 4 is 32.4 Å². The van der Waals surface area contributed by atoms with Crippen LogP contribution in [0.15, 0.2) is 57.9 Å². The van der Waals surface area contributed by atoms with Gasteiger partial charge in [0.15, 0.2) is 0 Å². The second-order valence-corrected chi connectivity index (χ2v) is 6.06. The van der Waals surface area contributed by atoms with E-state index in [2.05, 4.69) is 15.9 Å². The van der Waals surface area contributed by atoms with Crippen molar-refractivity contribution < 1.29 is 4.21 Å². The highest BCUT2D eigenvalue weighted by Gasteiger charge is 2.05. The van der Waals surface area contributed by atoms with Crippen LogP contribution >= 0.6 is 15.9 Å². The molecule has 1 atom stereocenters. The van der Waals surface area contributed by atoms with Crippen molar-refractivity contribution in [2.24, 2.45) is 0 Å². The average Bonchev–Trinajstić information content (AvgIpc) is 2.29. The van der Waals surface area contributed by atoms with E-state index in [0.717, 1.165) is 14.9 Å². The summed E-state index contributed by atoms with van der Waals surface area (Å²) in [6.45, 7) is 0. The fourth-order valence-corrected chi connectivity index (χ4v) is 2.86. The van der Waals surface area contributed by atoms with Gasteiger partial charge in [0.25, 0.3) is 0 Å². The third-order valence-corrected chi connectivity index (χ3v) is 4.25. The summed E-state index contributed by atoms with van der Waals surface area (Å²) in [5.41, 5.74) is 7.38. The van der Waals surface area contributed by atoms with Crippen molar-refractivity contribution in [2.45, 2.75) is 10.6 Å². The van der Waals surface area contributed by atoms with Gasteiger partial charge >= 0.3 is 0 Å². The topological polar surface area (TPSA) is 43.1 Å². The van der Waals surface area contributed by atoms with Crippen LogP contribution < -0.4 is 5.73 Å². The lowest BCUT2D eigenvalue weighted by Gasteiger charge is -2.03. The van der Waals surface area contributed by atoms with Crippen LogP contribution in [0, 0.1) is 0 Å². The quantitative estimate of drug-likeness (QED) is 0.884. The molecule has 0 spiro atoms. The second kappa shape index (κ2) is 5.47. The number of nitrogens with two attached hydrogens (primary N) is 1. The smallest absolute Gasteiger partial charge is 0.0574 e. The van der Waals surface area contributed by atoms with E-state index >= 15 is 0 Å². The summed E-state index contributed by atoms with van der Waals surface area (Å²) in [4.78, 5) is 0.829. The van der Waals surface area contributed by atoms with Crippen LogP contribution in [0.1, 0.15) is 5.56 Å². The Morgan fingerprint density at radius 1 is 1.12 bits per heavy atom. The third kappa shape index (κ3) is 3.41. The largest absolute Gasteiger partial charge is 0.399 e. The van der Waals surface area contributed by atoms with Gasteiger partial charge in [0.05, 0.1) is 16.6 Å². The lowest BCUT2D eigenvalue weighted by Crippen LogP contribution is -1.97. The van der Waals surface area contributed by atoms with Crippen LogP contribution in [-0.2, 0) is 16.6 Å². The van der Waals surface area contributed by atoms with E-state index in [1.807, 2.05) is 48.5 Å². The number of hydrogen-bond acceptors (Lipinski definition) is 2. The van der Waals surface area contributed by atoms with E-state index in [9.17, 15) is 4.21 Å². The van der Waals surface area contributed by atoms with Gasteiger partial charge in [-0.05, 0) is 42.0 Å². The Labute approximate surface area is 111 Å². The maximum absolute atomic E-state index is 12.1. The maximum atomic E-state index is 12.1. The summed E-state index contributed by atoms with van der Waals surface area (Å²) < 4.78 is 13.1. The van der Waals surface area contributed by atoms with Crippen LogP contribution in [0.2, 0.25) is 0 Å². The number of rotatable bonds is 3. The molecule has 2 rings (SSSR count). The van der Waals surface area contributed by atoms with Gasteiger partial charge in [-0.3, -0.25) is 4.21 Å². The fraction of sp³-hybridized carbons (Fsp3) is 0.0769. The number of anilines is 1. The molecule has 0 aliphatic heterocycles. The van der Waals surface area contributed by atoms with Crippen molar-refractivity contribution in [1.82, 2.24) is 0 Å². The second-order valence-electron chi connectivity index (χ2n) is 3.69. The zero-order chi connectivity index (χ0) is 12.3. The fourth-order valence-electron chi connectivity index (χ4n) is 1.50. The molecular formula is C13H12BrNOS. The lowest BCUT2D eigenvalue weighted by atomic mass is 10.2.